The molecule has 8 heteroatoms. The van der Waals surface area contributed by atoms with Crippen LogP contribution >= 0.6 is 0 Å². The molecule has 0 N–H and O–H groups in total. The Morgan fingerprint density at radius 1 is 1.15 bits per heavy atom. The van der Waals surface area contributed by atoms with Gasteiger partial charge in [0.15, 0.2) is 0 Å². The van der Waals surface area contributed by atoms with E-state index in [1.165, 1.54) is 16.4 Å². The molecule has 27 heavy (non-hydrogen) atoms. The molecule has 2 heterocycles. The van der Waals surface area contributed by atoms with Gasteiger partial charge in [0.05, 0.1) is 17.4 Å². The number of benzene rings is 1. The number of hydrogen-bond acceptors (Lipinski definition) is 5. The van der Waals surface area contributed by atoms with Gasteiger partial charge < -0.3 is 9.64 Å². The van der Waals surface area contributed by atoms with Gasteiger partial charge >= 0.3 is 5.97 Å². The molecule has 2 aliphatic rings. The van der Waals surface area contributed by atoms with Crippen molar-refractivity contribution in [3.8, 4) is 0 Å². The van der Waals surface area contributed by atoms with Gasteiger partial charge in [-0.05, 0) is 50.8 Å². The average Bonchev–Trinajstić information content (AvgIpc) is 3.23. The van der Waals surface area contributed by atoms with Crippen molar-refractivity contribution in [3.63, 3.8) is 0 Å². The molecular weight excluding hydrogens is 368 g/mol. The summed E-state index contributed by atoms with van der Waals surface area (Å²) in [6.07, 6.45) is 3.15. The number of ether oxygens (including phenoxy) is 1. The van der Waals surface area contributed by atoms with Crippen LogP contribution in [-0.2, 0) is 19.6 Å². The summed E-state index contributed by atoms with van der Waals surface area (Å²) in [7, 11) is -3.57. The number of piperidine rings is 1. The fraction of sp³-hybridized carbons (Fsp3) is 0.579. The van der Waals surface area contributed by atoms with Crippen LogP contribution in [0.25, 0.3) is 0 Å². The number of rotatable bonds is 5. The minimum Gasteiger partial charge on any atom is -0.466 e. The smallest absolute Gasteiger partial charge is 0.310 e. The van der Waals surface area contributed by atoms with Gasteiger partial charge in [-0.15, -0.1) is 0 Å². The Balaban J connectivity index is 1.76. The minimum absolute atomic E-state index is 0.147. The third-order valence-electron chi connectivity index (χ3n) is 5.11. The second-order valence-electron chi connectivity index (χ2n) is 6.98. The number of nitrogens with zero attached hydrogens (tertiary/aromatic N) is 2. The van der Waals surface area contributed by atoms with Crippen molar-refractivity contribution in [1.29, 1.82) is 0 Å². The zero-order valence-corrected chi connectivity index (χ0v) is 16.4. The molecule has 148 valence electrons. The van der Waals surface area contributed by atoms with Gasteiger partial charge in [0.1, 0.15) is 0 Å². The molecule has 0 unspecified atom stereocenters. The van der Waals surface area contributed by atoms with Crippen molar-refractivity contribution >= 4 is 21.9 Å². The van der Waals surface area contributed by atoms with Crippen LogP contribution in [0, 0.1) is 5.92 Å². The van der Waals surface area contributed by atoms with Gasteiger partial charge in [-0.2, -0.15) is 4.31 Å². The van der Waals surface area contributed by atoms with Crippen molar-refractivity contribution in [2.75, 3.05) is 32.8 Å². The Bertz CT molecular complexity index is 802. The number of amides is 1. The molecular formula is C19H26N2O5S. The number of carbonyl (C=O) groups excluding carboxylic acids is 2. The SMILES string of the molecule is CCOC(=O)[C@@H]1CCCN(C(=O)c2cccc(S(=O)(=O)N3CCCC3)c2)C1. The molecule has 0 saturated carbocycles. The number of esters is 1. The molecule has 1 aromatic rings. The molecule has 7 nitrogen and oxygen atoms in total. The van der Waals surface area contributed by atoms with Crippen LogP contribution in [0.2, 0.25) is 0 Å². The van der Waals surface area contributed by atoms with Gasteiger partial charge in [-0.3, -0.25) is 9.59 Å². The molecule has 0 aliphatic carbocycles. The highest BCUT2D eigenvalue weighted by Gasteiger charge is 2.31. The third kappa shape index (κ3) is 4.32. The van der Waals surface area contributed by atoms with Crippen LogP contribution in [0.1, 0.15) is 43.0 Å². The lowest BCUT2D eigenvalue weighted by Crippen LogP contribution is -2.42. The van der Waals surface area contributed by atoms with E-state index in [1.807, 2.05) is 0 Å². The molecule has 2 aliphatic heterocycles. The second kappa shape index (κ2) is 8.39. The first-order valence-corrected chi connectivity index (χ1v) is 10.9. The summed E-state index contributed by atoms with van der Waals surface area (Å²) in [5, 5.41) is 0. The summed E-state index contributed by atoms with van der Waals surface area (Å²) < 4.78 is 32.0. The van der Waals surface area contributed by atoms with Crippen LogP contribution in [-0.4, -0.2) is 62.3 Å². The second-order valence-corrected chi connectivity index (χ2v) is 8.92. The van der Waals surface area contributed by atoms with E-state index in [-0.39, 0.29) is 22.7 Å². The summed E-state index contributed by atoms with van der Waals surface area (Å²) in [6, 6.07) is 6.20. The average molecular weight is 394 g/mol. The predicted molar refractivity (Wildman–Crippen MR) is 99.7 cm³/mol. The van der Waals surface area contributed by atoms with E-state index in [9.17, 15) is 18.0 Å². The standard InChI is InChI=1S/C19H26N2O5S/c1-2-26-19(23)16-8-6-10-20(14-16)18(22)15-7-5-9-17(13-15)27(24,25)21-11-3-4-12-21/h5,7,9,13,16H,2-4,6,8,10-12,14H2,1H3/t16-/m1/s1. The summed E-state index contributed by atoms with van der Waals surface area (Å²) in [4.78, 5) is 26.6. The maximum atomic E-state index is 12.9. The molecule has 0 radical (unpaired) electrons. The molecule has 0 aromatic heterocycles. The summed E-state index contributed by atoms with van der Waals surface area (Å²) in [5.41, 5.74) is 0.333. The van der Waals surface area contributed by atoms with Crippen LogP contribution < -0.4 is 0 Å². The van der Waals surface area contributed by atoms with Crippen LogP contribution in [0.3, 0.4) is 0 Å². The highest BCUT2D eigenvalue weighted by atomic mass is 32.2. The number of likely N-dealkylation sites (tertiary alicyclic amines) is 1. The lowest BCUT2D eigenvalue weighted by atomic mass is 9.97. The predicted octanol–water partition coefficient (Wildman–Crippen LogP) is 1.89. The fourth-order valence-corrected chi connectivity index (χ4v) is 5.23. The van der Waals surface area contributed by atoms with Gasteiger partial charge in [-0.1, -0.05) is 6.07 Å². The van der Waals surface area contributed by atoms with E-state index in [0.29, 0.717) is 44.8 Å². The van der Waals surface area contributed by atoms with Gasteiger partial charge in [-0.25, -0.2) is 8.42 Å². The van der Waals surface area contributed by atoms with Gasteiger partial charge in [0.25, 0.3) is 5.91 Å². The first kappa shape index (κ1) is 19.8. The molecule has 0 bridgehead atoms. The quantitative estimate of drug-likeness (QED) is 0.712. The van der Waals surface area contributed by atoms with E-state index in [0.717, 1.165) is 19.3 Å². The van der Waals surface area contributed by atoms with Gasteiger partial charge in [0.2, 0.25) is 10.0 Å². The lowest BCUT2D eigenvalue weighted by Gasteiger charge is -2.31. The Morgan fingerprint density at radius 3 is 2.59 bits per heavy atom. The Labute approximate surface area is 160 Å². The van der Waals surface area contributed by atoms with E-state index in [1.54, 1.807) is 24.0 Å². The van der Waals surface area contributed by atoms with Crippen LogP contribution in [0.4, 0.5) is 0 Å². The molecule has 0 spiro atoms. The van der Waals surface area contributed by atoms with E-state index in [4.69, 9.17) is 4.74 Å². The largest absolute Gasteiger partial charge is 0.466 e. The monoisotopic (exact) mass is 394 g/mol. The summed E-state index contributed by atoms with van der Waals surface area (Å²) in [6.45, 7) is 3.98. The molecule has 1 atom stereocenters. The Kier molecular flexibility index (Phi) is 6.16. The van der Waals surface area contributed by atoms with Crippen LogP contribution in [0.15, 0.2) is 29.2 Å². The lowest BCUT2D eigenvalue weighted by molar-refractivity contribution is -0.149. The zero-order chi connectivity index (χ0) is 19.4. The molecule has 3 rings (SSSR count). The third-order valence-corrected chi connectivity index (χ3v) is 7.01. The molecule has 1 aromatic carbocycles. The highest BCUT2D eigenvalue weighted by Crippen LogP contribution is 2.24. The van der Waals surface area contributed by atoms with Crippen molar-refractivity contribution in [3.05, 3.63) is 29.8 Å². The van der Waals surface area contributed by atoms with E-state index >= 15 is 0 Å². The molecule has 2 saturated heterocycles. The summed E-state index contributed by atoms with van der Waals surface area (Å²) >= 11 is 0. The van der Waals surface area contributed by atoms with Crippen molar-refractivity contribution in [1.82, 2.24) is 9.21 Å². The minimum atomic E-state index is -3.57. The molecule has 1 amide bonds. The maximum absolute atomic E-state index is 12.9. The first-order chi connectivity index (χ1) is 12.9. The molecule has 2 fully saturated rings. The van der Waals surface area contributed by atoms with Gasteiger partial charge in [0, 0.05) is 31.7 Å². The fourth-order valence-electron chi connectivity index (χ4n) is 3.66. The van der Waals surface area contributed by atoms with Crippen molar-refractivity contribution in [2.24, 2.45) is 5.92 Å². The summed E-state index contributed by atoms with van der Waals surface area (Å²) in [5.74, 6) is -0.845. The number of hydrogen-bond donors (Lipinski definition) is 0. The Morgan fingerprint density at radius 2 is 1.89 bits per heavy atom. The Hall–Kier alpha value is -1.93. The highest BCUT2D eigenvalue weighted by molar-refractivity contribution is 7.89. The van der Waals surface area contributed by atoms with E-state index in [2.05, 4.69) is 0 Å². The van der Waals surface area contributed by atoms with Crippen molar-refractivity contribution < 1.29 is 22.7 Å². The van der Waals surface area contributed by atoms with Crippen molar-refractivity contribution in [2.45, 2.75) is 37.5 Å². The number of sulfonamides is 1. The topological polar surface area (TPSA) is 84.0 Å². The number of carbonyl (C=O) groups is 2. The maximum Gasteiger partial charge on any atom is 0.310 e. The van der Waals surface area contributed by atoms with Crippen LogP contribution in [0.5, 0.6) is 0 Å². The zero-order valence-electron chi connectivity index (χ0n) is 15.6. The first-order valence-electron chi connectivity index (χ1n) is 9.49. The normalized spacial score (nSPS) is 21.2. The van der Waals surface area contributed by atoms with E-state index < -0.39 is 10.0 Å².